The Labute approximate surface area is 140 Å². The fourth-order valence-electron chi connectivity index (χ4n) is 2.70. The number of ether oxygens (including phenoxy) is 1. The molecule has 21 heavy (non-hydrogen) atoms. The maximum Gasteiger partial charge on any atom is 0.133 e. The molecule has 0 aliphatic carbocycles. The molecular formula is C18H20BrClO. The normalized spacial score (nSPS) is 12.3. The van der Waals surface area contributed by atoms with E-state index in [2.05, 4.69) is 48.8 Å². The van der Waals surface area contributed by atoms with Crippen LogP contribution in [-0.4, -0.2) is 6.61 Å². The van der Waals surface area contributed by atoms with Gasteiger partial charge in [0, 0.05) is 0 Å². The minimum atomic E-state index is -0.155. The highest BCUT2D eigenvalue weighted by Crippen LogP contribution is 2.37. The van der Waals surface area contributed by atoms with Crippen LogP contribution in [0.1, 0.15) is 40.1 Å². The molecule has 2 aromatic carbocycles. The fourth-order valence-corrected chi connectivity index (χ4v) is 3.70. The predicted octanol–water partition coefficient (Wildman–Crippen LogP) is 6.10. The first-order valence-electron chi connectivity index (χ1n) is 7.08. The molecule has 0 spiro atoms. The first kappa shape index (κ1) is 16.4. The molecule has 0 aromatic heterocycles. The second-order valence-corrected chi connectivity index (χ2v) is 6.59. The van der Waals surface area contributed by atoms with Crippen molar-refractivity contribution in [2.24, 2.45) is 0 Å². The molecule has 0 aliphatic rings. The van der Waals surface area contributed by atoms with Gasteiger partial charge >= 0.3 is 0 Å². The lowest BCUT2D eigenvalue weighted by Crippen LogP contribution is -2.01. The molecule has 0 saturated carbocycles. The summed E-state index contributed by atoms with van der Waals surface area (Å²) in [5.41, 5.74) is 6.00. The van der Waals surface area contributed by atoms with E-state index in [-0.39, 0.29) is 5.38 Å². The van der Waals surface area contributed by atoms with Crippen molar-refractivity contribution in [2.45, 2.75) is 33.1 Å². The quantitative estimate of drug-likeness (QED) is 0.593. The Kier molecular flexibility index (Phi) is 5.34. The van der Waals surface area contributed by atoms with Gasteiger partial charge in [0.05, 0.1) is 16.5 Å². The minimum absolute atomic E-state index is 0.155. The molecule has 0 amide bonds. The number of aryl methyl sites for hydroxylation is 3. The van der Waals surface area contributed by atoms with E-state index in [1.54, 1.807) is 0 Å². The highest BCUT2D eigenvalue weighted by atomic mass is 79.9. The van der Waals surface area contributed by atoms with E-state index in [4.69, 9.17) is 16.3 Å². The number of rotatable bonds is 4. The molecule has 1 unspecified atom stereocenters. The van der Waals surface area contributed by atoms with E-state index < -0.39 is 0 Å². The van der Waals surface area contributed by atoms with Gasteiger partial charge in [-0.3, -0.25) is 0 Å². The summed E-state index contributed by atoms with van der Waals surface area (Å²) >= 11 is 10.3. The highest BCUT2D eigenvalue weighted by Gasteiger charge is 2.17. The van der Waals surface area contributed by atoms with E-state index in [1.807, 2.05) is 25.1 Å². The van der Waals surface area contributed by atoms with Crippen molar-refractivity contribution in [2.75, 3.05) is 6.61 Å². The third-order valence-corrected chi connectivity index (χ3v) is 4.63. The van der Waals surface area contributed by atoms with Crippen LogP contribution in [0.25, 0.3) is 0 Å². The van der Waals surface area contributed by atoms with Crippen molar-refractivity contribution >= 4 is 27.5 Å². The van der Waals surface area contributed by atoms with Crippen LogP contribution in [0.15, 0.2) is 34.8 Å². The van der Waals surface area contributed by atoms with Gasteiger partial charge in [0.15, 0.2) is 0 Å². The van der Waals surface area contributed by atoms with Crippen LogP contribution < -0.4 is 4.74 Å². The SMILES string of the molecule is CCOc1ccc(C(Cl)c2c(C)cc(C)cc2C)cc1Br. The number of benzene rings is 2. The molecule has 0 bridgehead atoms. The summed E-state index contributed by atoms with van der Waals surface area (Å²) in [7, 11) is 0. The Morgan fingerprint density at radius 1 is 1.10 bits per heavy atom. The first-order chi connectivity index (χ1) is 9.93. The van der Waals surface area contributed by atoms with Gasteiger partial charge in [-0.05, 0) is 78.0 Å². The van der Waals surface area contributed by atoms with Crippen LogP contribution in [-0.2, 0) is 0 Å². The maximum absolute atomic E-state index is 6.73. The molecule has 2 aromatic rings. The molecule has 0 heterocycles. The summed E-state index contributed by atoms with van der Waals surface area (Å²) in [6.07, 6.45) is 0. The minimum Gasteiger partial charge on any atom is -0.493 e. The average molecular weight is 368 g/mol. The average Bonchev–Trinajstić information content (AvgIpc) is 2.40. The van der Waals surface area contributed by atoms with Gasteiger partial charge in [0.25, 0.3) is 0 Å². The molecule has 0 N–H and O–H groups in total. The molecule has 1 nitrogen and oxygen atoms in total. The molecule has 0 aliphatic heterocycles. The predicted molar refractivity (Wildman–Crippen MR) is 93.7 cm³/mol. The summed E-state index contributed by atoms with van der Waals surface area (Å²) in [4.78, 5) is 0. The molecular weight excluding hydrogens is 348 g/mol. The second kappa shape index (κ2) is 6.85. The first-order valence-corrected chi connectivity index (χ1v) is 8.31. The smallest absolute Gasteiger partial charge is 0.133 e. The van der Waals surface area contributed by atoms with Crippen LogP contribution in [0.4, 0.5) is 0 Å². The van der Waals surface area contributed by atoms with Crippen molar-refractivity contribution in [1.82, 2.24) is 0 Å². The summed E-state index contributed by atoms with van der Waals surface area (Å²) in [5, 5.41) is -0.155. The van der Waals surface area contributed by atoms with E-state index in [9.17, 15) is 0 Å². The van der Waals surface area contributed by atoms with Crippen LogP contribution in [0, 0.1) is 20.8 Å². The summed E-state index contributed by atoms with van der Waals surface area (Å²) in [5.74, 6) is 0.850. The zero-order valence-corrected chi connectivity index (χ0v) is 15.2. The third-order valence-electron chi connectivity index (χ3n) is 3.54. The van der Waals surface area contributed by atoms with Gasteiger partial charge in [-0.1, -0.05) is 23.8 Å². The fraction of sp³-hybridized carbons (Fsp3) is 0.333. The van der Waals surface area contributed by atoms with E-state index in [0.29, 0.717) is 6.61 Å². The van der Waals surface area contributed by atoms with Gasteiger partial charge in [-0.2, -0.15) is 0 Å². The lowest BCUT2D eigenvalue weighted by atomic mass is 9.94. The van der Waals surface area contributed by atoms with Crippen molar-refractivity contribution in [1.29, 1.82) is 0 Å². The number of hydrogen-bond donors (Lipinski definition) is 0. The van der Waals surface area contributed by atoms with E-state index in [0.717, 1.165) is 15.8 Å². The van der Waals surface area contributed by atoms with Crippen molar-refractivity contribution in [3.05, 3.63) is 62.6 Å². The molecule has 0 fully saturated rings. The third kappa shape index (κ3) is 3.61. The van der Waals surface area contributed by atoms with E-state index in [1.165, 1.54) is 22.3 Å². The number of alkyl halides is 1. The van der Waals surface area contributed by atoms with Gasteiger partial charge in [0.2, 0.25) is 0 Å². The van der Waals surface area contributed by atoms with Crippen molar-refractivity contribution < 1.29 is 4.74 Å². The van der Waals surface area contributed by atoms with Gasteiger partial charge in [-0.15, -0.1) is 11.6 Å². The molecule has 1 atom stereocenters. The standard InChI is InChI=1S/C18H20BrClO/c1-5-21-16-7-6-14(10-15(16)19)18(20)17-12(3)8-11(2)9-13(17)4/h6-10,18H,5H2,1-4H3. The monoisotopic (exact) mass is 366 g/mol. The molecule has 112 valence electrons. The van der Waals surface area contributed by atoms with Crippen LogP contribution in [0.2, 0.25) is 0 Å². The van der Waals surface area contributed by atoms with Crippen LogP contribution in [0.3, 0.4) is 0 Å². The second-order valence-electron chi connectivity index (χ2n) is 5.30. The van der Waals surface area contributed by atoms with Crippen molar-refractivity contribution in [3.63, 3.8) is 0 Å². The van der Waals surface area contributed by atoms with Crippen molar-refractivity contribution in [3.8, 4) is 5.75 Å². The van der Waals surface area contributed by atoms with Crippen LogP contribution in [0.5, 0.6) is 5.75 Å². The summed E-state index contributed by atoms with van der Waals surface area (Å²) in [6.45, 7) is 8.98. The van der Waals surface area contributed by atoms with Gasteiger partial charge in [-0.25, -0.2) is 0 Å². The Morgan fingerprint density at radius 2 is 1.71 bits per heavy atom. The van der Waals surface area contributed by atoms with E-state index >= 15 is 0 Å². The number of hydrogen-bond acceptors (Lipinski definition) is 1. The maximum atomic E-state index is 6.73. The zero-order chi connectivity index (χ0) is 15.6. The Morgan fingerprint density at radius 3 is 2.24 bits per heavy atom. The Hall–Kier alpha value is -0.990. The Bertz CT molecular complexity index is 629. The van der Waals surface area contributed by atoms with Gasteiger partial charge < -0.3 is 4.74 Å². The Balaban J connectivity index is 2.41. The number of halogens is 2. The largest absolute Gasteiger partial charge is 0.493 e. The molecule has 0 radical (unpaired) electrons. The molecule has 2 rings (SSSR count). The topological polar surface area (TPSA) is 9.23 Å². The lowest BCUT2D eigenvalue weighted by Gasteiger charge is -2.18. The molecule has 3 heteroatoms. The molecule has 0 saturated heterocycles. The summed E-state index contributed by atoms with van der Waals surface area (Å²) < 4.78 is 6.49. The summed E-state index contributed by atoms with van der Waals surface area (Å²) in [6, 6.07) is 10.4. The zero-order valence-electron chi connectivity index (χ0n) is 12.8. The van der Waals surface area contributed by atoms with Crippen LogP contribution >= 0.6 is 27.5 Å². The van der Waals surface area contributed by atoms with Gasteiger partial charge in [0.1, 0.15) is 5.75 Å². The highest BCUT2D eigenvalue weighted by molar-refractivity contribution is 9.10. The lowest BCUT2D eigenvalue weighted by molar-refractivity contribution is 0.338.